The fourth-order valence-corrected chi connectivity index (χ4v) is 2.30. The lowest BCUT2D eigenvalue weighted by atomic mass is 10.3. The highest BCUT2D eigenvalue weighted by Crippen LogP contribution is 2.24. The van der Waals surface area contributed by atoms with E-state index in [2.05, 4.69) is 20.9 Å². The molecule has 0 saturated heterocycles. The van der Waals surface area contributed by atoms with Gasteiger partial charge in [0.25, 0.3) is 0 Å². The summed E-state index contributed by atoms with van der Waals surface area (Å²) in [4.78, 5) is 4.34. The Labute approximate surface area is 99.6 Å². The monoisotopic (exact) mass is 280 g/mol. The Morgan fingerprint density at radius 3 is 2.93 bits per heavy atom. The Kier molecular flexibility index (Phi) is 1.97. The van der Waals surface area contributed by atoms with Crippen LogP contribution in [0.3, 0.4) is 0 Å². The quantitative estimate of drug-likeness (QED) is 0.611. The first-order chi connectivity index (χ1) is 7.25. The van der Waals surface area contributed by atoms with E-state index in [1.807, 2.05) is 40.9 Å². The number of aromatic nitrogens is 2. The van der Waals surface area contributed by atoms with E-state index in [4.69, 9.17) is 11.6 Å². The summed E-state index contributed by atoms with van der Waals surface area (Å²) in [6, 6.07) is 9.86. The molecular formula is C11H6BrClN2. The normalized spacial score (nSPS) is 11.3. The maximum atomic E-state index is 6.07. The van der Waals surface area contributed by atoms with Gasteiger partial charge in [0, 0.05) is 10.7 Å². The highest BCUT2D eigenvalue weighted by molar-refractivity contribution is 9.10. The average molecular weight is 282 g/mol. The maximum Gasteiger partial charge on any atom is 0.153 e. The molecule has 0 unspecified atom stereocenters. The second-order valence-corrected chi connectivity index (χ2v) is 4.57. The van der Waals surface area contributed by atoms with Crippen LogP contribution in [0, 0.1) is 0 Å². The summed E-state index contributed by atoms with van der Waals surface area (Å²) in [6.07, 6.45) is 1.98. The number of fused-ring (bicyclic) bond motifs is 3. The predicted molar refractivity (Wildman–Crippen MR) is 65.4 cm³/mol. The van der Waals surface area contributed by atoms with Crippen molar-refractivity contribution >= 4 is 44.1 Å². The first-order valence-corrected chi connectivity index (χ1v) is 5.64. The highest BCUT2D eigenvalue weighted by atomic mass is 79.9. The van der Waals surface area contributed by atoms with Crippen LogP contribution >= 0.6 is 27.5 Å². The van der Waals surface area contributed by atoms with E-state index < -0.39 is 0 Å². The van der Waals surface area contributed by atoms with E-state index in [-0.39, 0.29) is 0 Å². The minimum atomic E-state index is 0.537. The lowest BCUT2D eigenvalue weighted by molar-refractivity contribution is 1.23. The van der Waals surface area contributed by atoms with Gasteiger partial charge in [-0.05, 0) is 30.3 Å². The molecule has 0 atom stereocenters. The van der Waals surface area contributed by atoms with E-state index in [1.165, 1.54) is 0 Å². The maximum absolute atomic E-state index is 6.07. The SMILES string of the molecule is Clc1nc2ccc(Br)cc2n2cccc12. The lowest BCUT2D eigenvalue weighted by Gasteiger charge is -2.04. The molecular weight excluding hydrogens is 275 g/mol. The van der Waals surface area contributed by atoms with Crippen molar-refractivity contribution in [3.63, 3.8) is 0 Å². The van der Waals surface area contributed by atoms with Crippen LogP contribution in [0.4, 0.5) is 0 Å². The van der Waals surface area contributed by atoms with Gasteiger partial charge in [-0.3, -0.25) is 0 Å². The van der Waals surface area contributed by atoms with E-state index in [0.717, 1.165) is 21.0 Å². The van der Waals surface area contributed by atoms with Crippen LogP contribution in [0.25, 0.3) is 16.6 Å². The Bertz CT molecular complexity index is 660. The van der Waals surface area contributed by atoms with Gasteiger partial charge in [-0.2, -0.15) is 0 Å². The summed E-state index contributed by atoms with van der Waals surface area (Å²) in [5.41, 5.74) is 2.88. The van der Waals surface area contributed by atoms with Crippen LogP contribution in [0.1, 0.15) is 0 Å². The molecule has 0 saturated carbocycles. The molecule has 1 aromatic carbocycles. The molecule has 0 N–H and O–H groups in total. The standard InChI is InChI=1S/C11H6BrClN2/c12-7-3-4-8-10(6-7)15-5-1-2-9(15)11(13)14-8/h1-6H. The van der Waals surface area contributed by atoms with Crippen LogP contribution in [0.15, 0.2) is 41.0 Å². The largest absolute Gasteiger partial charge is 0.312 e. The zero-order valence-corrected chi connectivity index (χ0v) is 9.96. The molecule has 0 fully saturated rings. The average Bonchev–Trinajstić information content (AvgIpc) is 2.69. The fourth-order valence-electron chi connectivity index (χ4n) is 1.71. The van der Waals surface area contributed by atoms with Crippen molar-refractivity contribution in [2.75, 3.05) is 0 Å². The van der Waals surface area contributed by atoms with Gasteiger partial charge >= 0.3 is 0 Å². The van der Waals surface area contributed by atoms with E-state index in [1.54, 1.807) is 0 Å². The Morgan fingerprint density at radius 2 is 2.07 bits per heavy atom. The summed E-state index contributed by atoms with van der Waals surface area (Å²) in [6.45, 7) is 0. The van der Waals surface area contributed by atoms with E-state index >= 15 is 0 Å². The summed E-state index contributed by atoms with van der Waals surface area (Å²) in [7, 11) is 0. The van der Waals surface area contributed by atoms with Crippen LogP contribution in [0.5, 0.6) is 0 Å². The first-order valence-electron chi connectivity index (χ1n) is 4.47. The number of hydrogen-bond donors (Lipinski definition) is 0. The summed E-state index contributed by atoms with van der Waals surface area (Å²) < 4.78 is 3.07. The van der Waals surface area contributed by atoms with Crippen molar-refractivity contribution in [3.8, 4) is 0 Å². The number of rotatable bonds is 0. The van der Waals surface area contributed by atoms with Crippen molar-refractivity contribution in [3.05, 3.63) is 46.2 Å². The fraction of sp³-hybridized carbons (Fsp3) is 0. The highest BCUT2D eigenvalue weighted by Gasteiger charge is 2.05. The molecule has 15 heavy (non-hydrogen) atoms. The summed E-state index contributed by atoms with van der Waals surface area (Å²) in [5.74, 6) is 0. The second kappa shape index (κ2) is 3.22. The van der Waals surface area contributed by atoms with Crippen molar-refractivity contribution in [2.24, 2.45) is 0 Å². The lowest BCUT2D eigenvalue weighted by Crippen LogP contribution is -1.90. The predicted octanol–water partition coefficient (Wildman–Crippen LogP) is 3.90. The molecule has 2 aromatic heterocycles. The third-order valence-corrected chi connectivity index (χ3v) is 3.15. The number of halogens is 2. The van der Waals surface area contributed by atoms with Gasteiger partial charge in [0.05, 0.1) is 16.6 Å². The zero-order valence-electron chi connectivity index (χ0n) is 7.61. The molecule has 3 aromatic rings. The van der Waals surface area contributed by atoms with Crippen LogP contribution < -0.4 is 0 Å². The third-order valence-electron chi connectivity index (χ3n) is 2.38. The molecule has 0 radical (unpaired) electrons. The molecule has 0 spiro atoms. The Balaban J connectivity index is 2.61. The van der Waals surface area contributed by atoms with E-state index in [0.29, 0.717) is 5.15 Å². The van der Waals surface area contributed by atoms with Gasteiger partial charge in [0.15, 0.2) is 5.15 Å². The second-order valence-electron chi connectivity index (χ2n) is 3.30. The van der Waals surface area contributed by atoms with Crippen LogP contribution in [-0.4, -0.2) is 9.38 Å². The molecule has 2 nitrogen and oxygen atoms in total. The summed E-state index contributed by atoms with van der Waals surface area (Å²) >= 11 is 9.52. The van der Waals surface area contributed by atoms with Crippen LogP contribution in [-0.2, 0) is 0 Å². The minimum Gasteiger partial charge on any atom is -0.312 e. The van der Waals surface area contributed by atoms with Gasteiger partial charge in [0.2, 0.25) is 0 Å². The van der Waals surface area contributed by atoms with Gasteiger partial charge in [-0.1, -0.05) is 27.5 Å². The van der Waals surface area contributed by atoms with Crippen molar-refractivity contribution in [1.29, 1.82) is 0 Å². The minimum absolute atomic E-state index is 0.537. The van der Waals surface area contributed by atoms with Crippen LogP contribution in [0.2, 0.25) is 5.15 Å². The molecule has 0 bridgehead atoms. The zero-order chi connectivity index (χ0) is 10.4. The first kappa shape index (κ1) is 9.19. The molecule has 0 aliphatic heterocycles. The third kappa shape index (κ3) is 1.34. The smallest absolute Gasteiger partial charge is 0.153 e. The molecule has 0 aliphatic carbocycles. The molecule has 0 aliphatic rings. The Hall–Kier alpha value is -1.06. The molecule has 3 rings (SSSR count). The topological polar surface area (TPSA) is 17.3 Å². The van der Waals surface area contributed by atoms with Gasteiger partial charge < -0.3 is 4.40 Å². The van der Waals surface area contributed by atoms with Crippen molar-refractivity contribution in [1.82, 2.24) is 9.38 Å². The molecule has 2 heterocycles. The van der Waals surface area contributed by atoms with Crippen molar-refractivity contribution < 1.29 is 0 Å². The number of benzene rings is 1. The van der Waals surface area contributed by atoms with Gasteiger partial charge in [-0.25, -0.2) is 4.98 Å². The van der Waals surface area contributed by atoms with Gasteiger partial charge in [-0.15, -0.1) is 0 Å². The van der Waals surface area contributed by atoms with E-state index in [9.17, 15) is 0 Å². The number of nitrogens with zero attached hydrogens (tertiary/aromatic N) is 2. The molecule has 74 valence electrons. The Morgan fingerprint density at radius 1 is 1.20 bits per heavy atom. The summed E-state index contributed by atoms with van der Waals surface area (Å²) in [5, 5.41) is 0.537. The van der Waals surface area contributed by atoms with Gasteiger partial charge in [0.1, 0.15) is 0 Å². The van der Waals surface area contributed by atoms with Crippen molar-refractivity contribution in [2.45, 2.75) is 0 Å². The molecule has 0 amide bonds. The molecule has 4 heteroatoms. The number of hydrogen-bond acceptors (Lipinski definition) is 1.